The van der Waals surface area contributed by atoms with Crippen LogP contribution >= 0.6 is 0 Å². The highest BCUT2D eigenvalue weighted by Crippen LogP contribution is 1.90. The van der Waals surface area contributed by atoms with Gasteiger partial charge < -0.3 is 15.2 Å². The van der Waals surface area contributed by atoms with Gasteiger partial charge in [-0.25, -0.2) is 4.98 Å². The van der Waals surface area contributed by atoms with Crippen LogP contribution in [0.3, 0.4) is 0 Å². The Hall–Kier alpha value is -1.52. The molecule has 5 heteroatoms. The third kappa shape index (κ3) is 5.38. The van der Waals surface area contributed by atoms with Crippen molar-refractivity contribution in [2.24, 2.45) is 4.99 Å². The molecule has 0 saturated heterocycles. The molecular formula is C12H23N5. The average molecular weight is 237 g/mol. The van der Waals surface area contributed by atoms with Crippen molar-refractivity contribution in [1.82, 2.24) is 20.2 Å². The molecule has 5 nitrogen and oxygen atoms in total. The molecule has 0 saturated carbocycles. The zero-order valence-corrected chi connectivity index (χ0v) is 11.0. The summed E-state index contributed by atoms with van der Waals surface area (Å²) < 4.78 is 2.08. The van der Waals surface area contributed by atoms with Crippen LogP contribution in [0.5, 0.6) is 0 Å². The topological polar surface area (TPSA) is 54.2 Å². The molecule has 1 aromatic rings. The first-order chi connectivity index (χ1) is 8.26. The Kier molecular flexibility index (Phi) is 6.14. The van der Waals surface area contributed by atoms with E-state index in [1.165, 1.54) is 0 Å². The van der Waals surface area contributed by atoms with Crippen LogP contribution in [0.2, 0.25) is 0 Å². The van der Waals surface area contributed by atoms with Crippen molar-refractivity contribution < 1.29 is 0 Å². The molecule has 0 aliphatic rings. The number of hydrogen-bond donors (Lipinski definition) is 2. The molecule has 17 heavy (non-hydrogen) atoms. The Morgan fingerprint density at radius 3 is 2.94 bits per heavy atom. The van der Waals surface area contributed by atoms with Gasteiger partial charge >= 0.3 is 0 Å². The average Bonchev–Trinajstić information content (AvgIpc) is 2.85. The lowest BCUT2D eigenvalue weighted by molar-refractivity contribution is 0.600. The first-order valence-electron chi connectivity index (χ1n) is 6.19. The Labute approximate surface area is 103 Å². The molecule has 0 aliphatic heterocycles. The van der Waals surface area contributed by atoms with Crippen LogP contribution in [0.25, 0.3) is 0 Å². The summed E-state index contributed by atoms with van der Waals surface area (Å²) in [5.41, 5.74) is 0. The van der Waals surface area contributed by atoms with Crippen LogP contribution in [0.15, 0.2) is 23.7 Å². The predicted molar refractivity (Wildman–Crippen MR) is 71.1 cm³/mol. The van der Waals surface area contributed by atoms with Crippen molar-refractivity contribution in [1.29, 1.82) is 0 Å². The third-order valence-electron chi connectivity index (χ3n) is 2.66. The Bertz CT molecular complexity index is 318. The van der Waals surface area contributed by atoms with Crippen LogP contribution < -0.4 is 10.6 Å². The van der Waals surface area contributed by atoms with Gasteiger partial charge in [0.1, 0.15) is 0 Å². The minimum atomic E-state index is 0.454. The molecule has 0 radical (unpaired) electrons. The number of aryl methyl sites for hydroxylation is 1. The van der Waals surface area contributed by atoms with Crippen LogP contribution in [0, 0.1) is 0 Å². The van der Waals surface area contributed by atoms with E-state index >= 15 is 0 Å². The summed E-state index contributed by atoms with van der Waals surface area (Å²) in [6.45, 7) is 6.20. The number of nitrogens with zero attached hydrogens (tertiary/aromatic N) is 3. The lowest BCUT2D eigenvalue weighted by Gasteiger charge is -2.16. The minimum absolute atomic E-state index is 0.454. The molecule has 0 spiro atoms. The zero-order chi connectivity index (χ0) is 12.5. The second kappa shape index (κ2) is 7.70. The highest BCUT2D eigenvalue weighted by molar-refractivity contribution is 5.79. The maximum atomic E-state index is 4.19. The summed E-state index contributed by atoms with van der Waals surface area (Å²) in [7, 11) is 1.80. The molecule has 1 heterocycles. The predicted octanol–water partition coefficient (Wildman–Crippen LogP) is 1.24. The lowest BCUT2D eigenvalue weighted by Crippen LogP contribution is -2.42. The largest absolute Gasteiger partial charge is 0.356 e. The van der Waals surface area contributed by atoms with E-state index in [-0.39, 0.29) is 0 Å². The quantitative estimate of drug-likeness (QED) is 0.444. The SMILES string of the molecule is CCC(C)NC(=NC)NCCCn1ccnc1. The van der Waals surface area contributed by atoms with E-state index in [9.17, 15) is 0 Å². The number of hydrogen-bond acceptors (Lipinski definition) is 2. The summed E-state index contributed by atoms with van der Waals surface area (Å²) in [5, 5.41) is 6.63. The van der Waals surface area contributed by atoms with Gasteiger partial charge in [-0.2, -0.15) is 0 Å². The van der Waals surface area contributed by atoms with Gasteiger partial charge in [-0.3, -0.25) is 4.99 Å². The monoisotopic (exact) mass is 237 g/mol. The normalized spacial score (nSPS) is 13.5. The van der Waals surface area contributed by atoms with Crippen LogP contribution in [-0.4, -0.2) is 35.1 Å². The van der Waals surface area contributed by atoms with E-state index in [1.807, 2.05) is 12.5 Å². The van der Waals surface area contributed by atoms with Crippen molar-refractivity contribution in [3.8, 4) is 0 Å². The number of guanidine groups is 1. The van der Waals surface area contributed by atoms with Crippen molar-refractivity contribution in [3.05, 3.63) is 18.7 Å². The van der Waals surface area contributed by atoms with Gasteiger partial charge in [0.05, 0.1) is 6.33 Å². The summed E-state index contributed by atoms with van der Waals surface area (Å²) in [6.07, 6.45) is 7.77. The summed E-state index contributed by atoms with van der Waals surface area (Å²) in [5.74, 6) is 0.880. The second-order valence-corrected chi connectivity index (χ2v) is 4.11. The standard InChI is InChI=1S/C12H23N5/c1-4-11(2)16-12(13-3)15-6-5-8-17-9-7-14-10-17/h7,9-11H,4-6,8H2,1-3H3,(H2,13,15,16). The van der Waals surface area contributed by atoms with E-state index in [4.69, 9.17) is 0 Å². The number of imidazole rings is 1. The molecule has 96 valence electrons. The highest BCUT2D eigenvalue weighted by atomic mass is 15.2. The minimum Gasteiger partial charge on any atom is -0.356 e. The number of aromatic nitrogens is 2. The summed E-state index contributed by atoms with van der Waals surface area (Å²) >= 11 is 0. The van der Waals surface area contributed by atoms with E-state index in [0.29, 0.717) is 6.04 Å². The number of nitrogens with one attached hydrogen (secondary N) is 2. The number of rotatable bonds is 6. The van der Waals surface area contributed by atoms with Crippen molar-refractivity contribution in [2.45, 2.75) is 39.3 Å². The third-order valence-corrected chi connectivity index (χ3v) is 2.66. The first kappa shape index (κ1) is 13.5. The Balaban J connectivity index is 2.16. The second-order valence-electron chi connectivity index (χ2n) is 4.11. The molecule has 0 fully saturated rings. The first-order valence-corrected chi connectivity index (χ1v) is 6.19. The van der Waals surface area contributed by atoms with E-state index in [1.54, 1.807) is 13.2 Å². The van der Waals surface area contributed by atoms with Crippen molar-refractivity contribution in [3.63, 3.8) is 0 Å². The molecule has 1 unspecified atom stereocenters. The molecule has 2 N–H and O–H groups in total. The van der Waals surface area contributed by atoms with Gasteiger partial charge in [0.25, 0.3) is 0 Å². The van der Waals surface area contributed by atoms with Crippen molar-refractivity contribution in [2.75, 3.05) is 13.6 Å². The van der Waals surface area contributed by atoms with Gasteiger partial charge in [-0.05, 0) is 19.8 Å². The molecule has 0 aliphatic carbocycles. The molecule has 0 amide bonds. The zero-order valence-electron chi connectivity index (χ0n) is 11.0. The molecule has 1 aromatic heterocycles. The fourth-order valence-electron chi connectivity index (χ4n) is 1.42. The van der Waals surface area contributed by atoms with Crippen LogP contribution in [0.1, 0.15) is 26.7 Å². The van der Waals surface area contributed by atoms with Crippen molar-refractivity contribution >= 4 is 5.96 Å². The highest BCUT2D eigenvalue weighted by Gasteiger charge is 2.01. The van der Waals surface area contributed by atoms with E-state index in [2.05, 4.69) is 39.0 Å². The van der Waals surface area contributed by atoms with Crippen LogP contribution in [-0.2, 0) is 6.54 Å². The van der Waals surface area contributed by atoms with Gasteiger partial charge in [-0.15, -0.1) is 0 Å². The summed E-state index contributed by atoms with van der Waals surface area (Å²) in [4.78, 5) is 8.19. The van der Waals surface area contributed by atoms with Gasteiger partial charge in [0, 0.05) is 38.6 Å². The Morgan fingerprint density at radius 1 is 1.53 bits per heavy atom. The Morgan fingerprint density at radius 2 is 2.35 bits per heavy atom. The van der Waals surface area contributed by atoms with Crippen LogP contribution in [0.4, 0.5) is 0 Å². The summed E-state index contributed by atoms with van der Waals surface area (Å²) in [6, 6.07) is 0.454. The van der Waals surface area contributed by atoms with E-state index in [0.717, 1.165) is 31.9 Å². The van der Waals surface area contributed by atoms with Gasteiger partial charge in [0.15, 0.2) is 5.96 Å². The lowest BCUT2D eigenvalue weighted by atomic mass is 10.3. The van der Waals surface area contributed by atoms with E-state index < -0.39 is 0 Å². The molecule has 1 rings (SSSR count). The molecular weight excluding hydrogens is 214 g/mol. The molecule has 0 bridgehead atoms. The fourth-order valence-corrected chi connectivity index (χ4v) is 1.42. The van der Waals surface area contributed by atoms with Gasteiger partial charge in [-0.1, -0.05) is 6.92 Å². The van der Waals surface area contributed by atoms with Gasteiger partial charge in [0.2, 0.25) is 0 Å². The fraction of sp³-hybridized carbons (Fsp3) is 0.667. The maximum absolute atomic E-state index is 4.19. The maximum Gasteiger partial charge on any atom is 0.191 e. The molecule has 1 atom stereocenters. The number of aliphatic imine (C=N–C) groups is 1. The molecule has 0 aromatic carbocycles. The smallest absolute Gasteiger partial charge is 0.191 e.